The lowest BCUT2D eigenvalue weighted by Crippen LogP contribution is -2.08. The summed E-state index contributed by atoms with van der Waals surface area (Å²) < 4.78 is 5.71. The molecular weight excluding hydrogens is 258 g/mol. The van der Waals surface area contributed by atoms with Gasteiger partial charge in [-0.3, -0.25) is 0 Å². The van der Waals surface area contributed by atoms with Gasteiger partial charge in [-0.05, 0) is 18.6 Å². The van der Waals surface area contributed by atoms with E-state index in [1.165, 1.54) is 64.2 Å². The number of hydrogen-bond acceptors (Lipinski definition) is 2. The minimum absolute atomic E-state index is 0.0827. The zero-order chi connectivity index (χ0) is 15.3. The maximum absolute atomic E-state index is 6.18. The number of nitrogens with two attached hydrogens (primary N) is 1. The average Bonchev–Trinajstić information content (AvgIpc) is 2.98. The highest BCUT2D eigenvalue weighted by Gasteiger charge is 2.09. The SMILES string of the molecule is CCCCCCCCCCCCC(N)c1ccc(CC)o1. The molecule has 0 saturated heterocycles. The predicted molar refractivity (Wildman–Crippen MR) is 91.5 cm³/mol. The molecule has 0 fully saturated rings. The van der Waals surface area contributed by atoms with Crippen LogP contribution < -0.4 is 5.73 Å². The van der Waals surface area contributed by atoms with Crippen molar-refractivity contribution in [2.24, 2.45) is 5.73 Å². The van der Waals surface area contributed by atoms with E-state index in [1.54, 1.807) is 0 Å². The molecule has 0 saturated carbocycles. The average molecular weight is 293 g/mol. The van der Waals surface area contributed by atoms with E-state index in [0.717, 1.165) is 24.4 Å². The van der Waals surface area contributed by atoms with Crippen molar-refractivity contribution in [2.75, 3.05) is 0 Å². The molecule has 21 heavy (non-hydrogen) atoms. The minimum atomic E-state index is 0.0827. The van der Waals surface area contributed by atoms with E-state index in [-0.39, 0.29) is 6.04 Å². The Labute approximate surface area is 131 Å². The van der Waals surface area contributed by atoms with Crippen molar-refractivity contribution in [3.8, 4) is 0 Å². The molecule has 1 unspecified atom stereocenters. The van der Waals surface area contributed by atoms with Gasteiger partial charge in [0.2, 0.25) is 0 Å². The first-order chi connectivity index (χ1) is 10.3. The lowest BCUT2D eigenvalue weighted by atomic mass is 10.0. The van der Waals surface area contributed by atoms with E-state index in [1.807, 2.05) is 12.1 Å². The summed E-state index contributed by atoms with van der Waals surface area (Å²) in [6.07, 6.45) is 15.7. The Kier molecular flexibility index (Phi) is 10.3. The molecule has 2 nitrogen and oxygen atoms in total. The van der Waals surface area contributed by atoms with Gasteiger partial charge >= 0.3 is 0 Å². The van der Waals surface area contributed by atoms with Crippen molar-refractivity contribution in [3.05, 3.63) is 23.7 Å². The first-order valence-electron chi connectivity index (χ1n) is 9.12. The van der Waals surface area contributed by atoms with E-state index < -0.39 is 0 Å². The van der Waals surface area contributed by atoms with Gasteiger partial charge in [-0.1, -0.05) is 78.1 Å². The Morgan fingerprint density at radius 3 is 1.95 bits per heavy atom. The largest absolute Gasteiger partial charge is 0.464 e. The van der Waals surface area contributed by atoms with E-state index in [4.69, 9.17) is 10.2 Å². The van der Waals surface area contributed by atoms with Gasteiger partial charge in [0.1, 0.15) is 11.5 Å². The fourth-order valence-corrected chi connectivity index (χ4v) is 2.78. The number of furan rings is 1. The molecule has 0 spiro atoms. The van der Waals surface area contributed by atoms with Crippen LogP contribution in [0, 0.1) is 0 Å². The molecule has 0 aliphatic carbocycles. The Balaban J connectivity index is 1.94. The number of hydrogen-bond donors (Lipinski definition) is 1. The zero-order valence-electron chi connectivity index (χ0n) is 14.2. The van der Waals surface area contributed by atoms with Crippen LogP contribution in [0.1, 0.15) is 102 Å². The Hall–Kier alpha value is -0.760. The van der Waals surface area contributed by atoms with Gasteiger partial charge in [-0.2, -0.15) is 0 Å². The summed E-state index contributed by atoms with van der Waals surface area (Å²) in [5.74, 6) is 2.01. The van der Waals surface area contributed by atoms with Crippen molar-refractivity contribution in [1.82, 2.24) is 0 Å². The van der Waals surface area contributed by atoms with Crippen LogP contribution in [-0.2, 0) is 6.42 Å². The fraction of sp³-hybridized carbons (Fsp3) is 0.789. The number of aryl methyl sites for hydroxylation is 1. The van der Waals surface area contributed by atoms with Crippen LogP contribution in [0.15, 0.2) is 16.5 Å². The molecule has 1 aromatic heterocycles. The van der Waals surface area contributed by atoms with E-state index in [9.17, 15) is 0 Å². The third-order valence-electron chi connectivity index (χ3n) is 4.27. The zero-order valence-corrected chi connectivity index (χ0v) is 14.2. The van der Waals surface area contributed by atoms with Gasteiger partial charge in [0, 0.05) is 6.42 Å². The Bertz CT molecular complexity index is 345. The quantitative estimate of drug-likeness (QED) is 0.443. The molecule has 2 heteroatoms. The fourth-order valence-electron chi connectivity index (χ4n) is 2.78. The lowest BCUT2D eigenvalue weighted by molar-refractivity contribution is 0.415. The van der Waals surface area contributed by atoms with Crippen LogP contribution >= 0.6 is 0 Å². The highest BCUT2D eigenvalue weighted by Crippen LogP contribution is 2.21. The van der Waals surface area contributed by atoms with E-state index in [2.05, 4.69) is 13.8 Å². The highest BCUT2D eigenvalue weighted by atomic mass is 16.3. The molecule has 1 rings (SSSR count). The third-order valence-corrected chi connectivity index (χ3v) is 4.27. The summed E-state index contributed by atoms with van der Waals surface area (Å²) in [5.41, 5.74) is 6.18. The van der Waals surface area contributed by atoms with Crippen molar-refractivity contribution < 1.29 is 4.42 Å². The van der Waals surface area contributed by atoms with Crippen LogP contribution in [0.4, 0.5) is 0 Å². The Morgan fingerprint density at radius 2 is 1.43 bits per heavy atom. The number of unbranched alkanes of at least 4 members (excludes halogenated alkanes) is 9. The summed E-state index contributed by atoms with van der Waals surface area (Å²) in [7, 11) is 0. The molecule has 0 aliphatic heterocycles. The minimum Gasteiger partial charge on any atom is -0.464 e. The Morgan fingerprint density at radius 1 is 0.857 bits per heavy atom. The molecule has 0 radical (unpaired) electrons. The molecule has 2 N–H and O–H groups in total. The summed E-state index contributed by atoms with van der Waals surface area (Å²) in [4.78, 5) is 0. The second kappa shape index (κ2) is 11.9. The second-order valence-corrected chi connectivity index (χ2v) is 6.23. The molecule has 0 aliphatic rings. The topological polar surface area (TPSA) is 39.2 Å². The maximum atomic E-state index is 6.18. The molecule has 1 aromatic rings. The van der Waals surface area contributed by atoms with Gasteiger partial charge in [-0.25, -0.2) is 0 Å². The first kappa shape index (κ1) is 18.3. The predicted octanol–water partition coefficient (Wildman–Crippen LogP) is 6.15. The van der Waals surface area contributed by atoms with E-state index in [0.29, 0.717) is 0 Å². The van der Waals surface area contributed by atoms with E-state index >= 15 is 0 Å². The van der Waals surface area contributed by atoms with Crippen LogP contribution in [0.5, 0.6) is 0 Å². The standard InChI is InChI=1S/C19H35NO/c1-3-5-6-7-8-9-10-11-12-13-14-18(20)19-16-15-17(4-2)21-19/h15-16,18H,3-14,20H2,1-2H3. The number of rotatable bonds is 13. The highest BCUT2D eigenvalue weighted by molar-refractivity contribution is 5.10. The van der Waals surface area contributed by atoms with Crippen molar-refractivity contribution in [2.45, 2.75) is 96.9 Å². The van der Waals surface area contributed by atoms with Crippen molar-refractivity contribution in [1.29, 1.82) is 0 Å². The van der Waals surface area contributed by atoms with Crippen molar-refractivity contribution in [3.63, 3.8) is 0 Å². The molecular formula is C19H35NO. The van der Waals surface area contributed by atoms with Crippen LogP contribution in [-0.4, -0.2) is 0 Å². The molecule has 0 amide bonds. The summed E-state index contributed by atoms with van der Waals surface area (Å²) in [5, 5.41) is 0. The van der Waals surface area contributed by atoms with Gasteiger partial charge in [0.05, 0.1) is 6.04 Å². The molecule has 0 aromatic carbocycles. The van der Waals surface area contributed by atoms with Gasteiger partial charge in [-0.15, -0.1) is 0 Å². The lowest BCUT2D eigenvalue weighted by Gasteiger charge is -2.08. The van der Waals surface area contributed by atoms with Gasteiger partial charge < -0.3 is 10.2 Å². The summed E-state index contributed by atoms with van der Waals surface area (Å²) >= 11 is 0. The molecule has 1 heterocycles. The normalized spacial score (nSPS) is 12.7. The summed E-state index contributed by atoms with van der Waals surface area (Å²) in [6, 6.07) is 4.17. The van der Waals surface area contributed by atoms with Crippen LogP contribution in [0.3, 0.4) is 0 Å². The van der Waals surface area contributed by atoms with Crippen molar-refractivity contribution >= 4 is 0 Å². The van der Waals surface area contributed by atoms with Gasteiger partial charge in [0.15, 0.2) is 0 Å². The van der Waals surface area contributed by atoms with Crippen LogP contribution in [0.2, 0.25) is 0 Å². The first-order valence-corrected chi connectivity index (χ1v) is 9.12. The maximum Gasteiger partial charge on any atom is 0.120 e. The summed E-state index contributed by atoms with van der Waals surface area (Å²) in [6.45, 7) is 4.38. The molecule has 122 valence electrons. The second-order valence-electron chi connectivity index (χ2n) is 6.23. The molecule has 1 atom stereocenters. The smallest absolute Gasteiger partial charge is 0.120 e. The monoisotopic (exact) mass is 293 g/mol. The van der Waals surface area contributed by atoms with Crippen LogP contribution in [0.25, 0.3) is 0 Å². The third kappa shape index (κ3) is 8.31. The molecule has 0 bridgehead atoms. The van der Waals surface area contributed by atoms with Gasteiger partial charge in [0.25, 0.3) is 0 Å².